The van der Waals surface area contributed by atoms with Gasteiger partial charge in [0.25, 0.3) is 0 Å². The Morgan fingerprint density at radius 1 is 1.58 bits per heavy atom. The molecule has 2 N–H and O–H groups in total. The van der Waals surface area contributed by atoms with E-state index in [-0.39, 0.29) is 6.10 Å². The zero-order chi connectivity index (χ0) is 8.97. The lowest BCUT2D eigenvalue weighted by Gasteiger charge is -2.38. The first-order valence-electron chi connectivity index (χ1n) is 4.84. The minimum absolute atomic E-state index is 0.0656. The number of nitrogens with one attached hydrogen (secondary N) is 1. The average molecular weight is 172 g/mol. The normalized spacial score (nSPS) is 22.2. The lowest BCUT2D eigenvalue weighted by molar-refractivity contribution is -0.00294. The van der Waals surface area contributed by atoms with Crippen molar-refractivity contribution in [3.63, 3.8) is 0 Å². The Morgan fingerprint density at radius 3 is 2.67 bits per heavy atom. The molecule has 3 nitrogen and oxygen atoms in total. The molecule has 1 aliphatic rings. The van der Waals surface area contributed by atoms with E-state index in [4.69, 9.17) is 5.11 Å². The van der Waals surface area contributed by atoms with Gasteiger partial charge in [-0.05, 0) is 13.5 Å². The first-order valence-corrected chi connectivity index (χ1v) is 4.84. The van der Waals surface area contributed by atoms with Crippen LogP contribution in [0.2, 0.25) is 0 Å². The van der Waals surface area contributed by atoms with Crippen LogP contribution in [0.25, 0.3) is 0 Å². The van der Waals surface area contributed by atoms with Gasteiger partial charge in [0.05, 0.1) is 6.10 Å². The summed E-state index contributed by atoms with van der Waals surface area (Å²) in [7, 11) is 2.01. The van der Waals surface area contributed by atoms with Gasteiger partial charge in [0, 0.05) is 25.7 Å². The molecule has 0 amide bonds. The van der Waals surface area contributed by atoms with E-state index in [0.29, 0.717) is 6.04 Å². The Balaban J connectivity index is 2.10. The largest absolute Gasteiger partial charge is 0.390 e. The monoisotopic (exact) mass is 172 g/mol. The molecule has 1 aliphatic heterocycles. The maximum atomic E-state index is 9.07. The Labute approximate surface area is 74.8 Å². The minimum atomic E-state index is -0.0656. The topological polar surface area (TPSA) is 35.5 Å². The number of aliphatic hydroxyl groups is 1. The number of aliphatic hydroxyl groups excluding tert-OH is 1. The smallest absolute Gasteiger partial charge is 0.0793 e. The Hall–Kier alpha value is -0.120. The molecule has 72 valence electrons. The van der Waals surface area contributed by atoms with Crippen LogP contribution in [0.4, 0.5) is 0 Å². The molecule has 12 heavy (non-hydrogen) atoms. The molecule has 1 saturated heterocycles. The van der Waals surface area contributed by atoms with E-state index in [1.807, 2.05) is 7.05 Å². The fraction of sp³-hybridized carbons (Fsp3) is 1.00. The van der Waals surface area contributed by atoms with Gasteiger partial charge in [-0.2, -0.15) is 0 Å². The van der Waals surface area contributed by atoms with Crippen LogP contribution in [-0.2, 0) is 0 Å². The second-order valence-electron chi connectivity index (χ2n) is 3.65. The Bertz CT molecular complexity index is 124. The van der Waals surface area contributed by atoms with Gasteiger partial charge >= 0.3 is 0 Å². The zero-order valence-electron chi connectivity index (χ0n) is 8.08. The second-order valence-corrected chi connectivity index (χ2v) is 3.65. The van der Waals surface area contributed by atoms with E-state index >= 15 is 0 Å². The highest BCUT2D eigenvalue weighted by atomic mass is 16.3. The number of nitrogens with zero attached hydrogens (tertiary/aromatic N) is 1. The maximum Gasteiger partial charge on any atom is 0.0793 e. The fourth-order valence-electron chi connectivity index (χ4n) is 1.68. The van der Waals surface area contributed by atoms with Crippen molar-refractivity contribution in [3.8, 4) is 0 Å². The van der Waals surface area contributed by atoms with E-state index in [1.165, 1.54) is 12.8 Å². The molecule has 3 heteroatoms. The van der Waals surface area contributed by atoms with Crippen LogP contribution in [0, 0.1) is 0 Å². The molecule has 0 bridgehead atoms. The lowest BCUT2D eigenvalue weighted by atomic mass is 10.1. The molecule has 0 radical (unpaired) electrons. The van der Waals surface area contributed by atoms with Crippen LogP contribution in [-0.4, -0.2) is 48.8 Å². The van der Waals surface area contributed by atoms with Crippen molar-refractivity contribution in [2.45, 2.75) is 31.9 Å². The third-order valence-corrected chi connectivity index (χ3v) is 2.46. The van der Waals surface area contributed by atoms with Gasteiger partial charge in [-0.15, -0.1) is 0 Å². The predicted octanol–water partition coefficient (Wildman–Crippen LogP) is 0.0510. The van der Waals surface area contributed by atoms with Gasteiger partial charge < -0.3 is 10.4 Å². The highest BCUT2D eigenvalue weighted by Gasteiger charge is 2.25. The van der Waals surface area contributed by atoms with Crippen LogP contribution in [0.15, 0.2) is 0 Å². The van der Waals surface area contributed by atoms with Crippen molar-refractivity contribution in [2.24, 2.45) is 0 Å². The van der Waals surface area contributed by atoms with E-state index < -0.39 is 0 Å². The molecule has 1 fully saturated rings. The summed E-state index contributed by atoms with van der Waals surface area (Å²) in [4.78, 5) is 2.29. The quantitative estimate of drug-likeness (QED) is 0.615. The van der Waals surface area contributed by atoms with Crippen LogP contribution in [0.3, 0.4) is 0 Å². The third kappa shape index (κ3) is 2.73. The first-order chi connectivity index (χ1) is 5.76. The number of β-amino-alcohol motifs (C(OH)–C–C–N with tert-alkyl or cyclic N) is 1. The number of likely N-dealkylation sites (tertiary alicyclic amines) is 1. The van der Waals surface area contributed by atoms with Crippen molar-refractivity contribution >= 4 is 0 Å². The molecular weight excluding hydrogens is 152 g/mol. The van der Waals surface area contributed by atoms with Crippen molar-refractivity contribution < 1.29 is 5.11 Å². The average Bonchev–Trinajstić information content (AvgIpc) is 2.00. The summed E-state index contributed by atoms with van der Waals surface area (Å²) < 4.78 is 0. The van der Waals surface area contributed by atoms with Crippen LogP contribution < -0.4 is 5.32 Å². The van der Waals surface area contributed by atoms with Gasteiger partial charge in [-0.1, -0.05) is 13.3 Å². The molecule has 1 atom stereocenters. The number of hydrogen-bond acceptors (Lipinski definition) is 3. The molecule has 0 aromatic carbocycles. The summed E-state index contributed by atoms with van der Waals surface area (Å²) in [6.45, 7) is 5.01. The maximum absolute atomic E-state index is 9.07. The van der Waals surface area contributed by atoms with E-state index in [2.05, 4.69) is 17.1 Å². The first kappa shape index (κ1) is 9.96. The van der Waals surface area contributed by atoms with Gasteiger partial charge in [0.15, 0.2) is 0 Å². The molecule has 0 spiro atoms. The molecular formula is C9H20N2O. The molecule has 0 saturated carbocycles. The summed E-state index contributed by atoms with van der Waals surface area (Å²) in [6, 6.07) is 0.600. The highest BCUT2D eigenvalue weighted by molar-refractivity contribution is 4.82. The fourth-order valence-corrected chi connectivity index (χ4v) is 1.68. The molecule has 0 aromatic rings. The van der Waals surface area contributed by atoms with Gasteiger partial charge in [0.2, 0.25) is 0 Å². The summed E-state index contributed by atoms with van der Waals surface area (Å²) in [5.74, 6) is 0. The van der Waals surface area contributed by atoms with Gasteiger partial charge in [0.1, 0.15) is 0 Å². The minimum Gasteiger partial charge on any atom is -0.390 e. The van der Waals surface area contributed by atoms with E-state index in [0.717, 1.165) is 19.6 Å². The van der Waals surface area contributed by atoms with Crippen LogP contribution >= 0.6 is 0 Å². The second kappa shape index (κ2) is 4.80. The summed E-state index contributed by atoms with van der Waals surface area (Å²) in [5.41, 5.74) is 0. The highest BCUT2D eigenvalue weighted by Crippen LogP contribution is 2.09. The van der Waals surface area contributed by atoms with E-state index in [9.17, 15) is 0 Å². The number of likely N-dealkylation sites (N-methyl/N-ethyl adjacent to an activating group) is 1. The van der Waals surface area contributed by atoms with Crippen LogP contribution in [0.1, 0.15) is 19.8 Å². The summed E-state index contributed by atoms with van der Waals surface area (Å²) >= 11 is 0. The van der Waals surface area contributed by atoms with E-state index in [1.54, 1.807) is 0 Å². The van der Waals surface area contributed by atoms with Crippen molar-refractivity contribution in [1.82, 2.24) is 10.2 Å². The van der Waals surface area contributed by atoms with Gasteiger partial charge in [-0.25, -0.2) is 0 Å². The molecule has 1 heterocycles. The third-order valence-electron chi connectivity index (χ3n) is 2.46. The SMILES string of the molecule is CCC[C@@H](CN1CC(O)C1)NC. The van der Waals surface area contributed by atoms with Crippen molar-refractivity contribution in [1.29, 1.82) is 0 Å². The molecule has 0 unspecified atom stereocenters. The Morgan fingerprint density at radius 2 is 2.25 bits per heavy atom. The number of rotatable bonds is 5. The molecule has 0 aliphatic carbocycles. The number of hydrogen-bond donors (Lipinski definition) is 2. The predicted molar refractivity (Wildman–Crippen MR) is 50.2 cm³/mol. The van der Waals surface area contributed by atoms with Crippen molar-refractivity contribution in [2.75, 3.05) is 26.7 Å². The van der Waals surface area contributed by atoms with Gasteiger partial charge in [-0.3, -0.25) is 4.90 Å². The summed E-state index contributed by atoms with van der Waals surface area (Å²) in [6.07, 6.45) is 2.38. The van der Waals surface area contributed by atoms with Crippen molar-refractivity contribution in [3.05, 3.63) is 0 Å². The van der Waals surface area contributed by atoms with Crippen LogP contribution in [0.5, 0.6) is 0 Å². The molecule has 0 aromatic heterocycles. The Kier molecular flexibility index (Phi) is 3.98. The lowest BCUT2D eigenvalue weighted by Crippen LogP contribution is -2.54. The standard InChI is InChI=1S/C9H20N2O/c1-3-4-8(10-2)5-11-6-9(12)7-11/h8-10,12H,3-7H2,1-2H3/t8-/m0/s1. The molecule has 1 rings (SSSR count). The summed E-state index contributed by atoms with van der Waals surface area (Å²) in [5, 5.41) is 12.4. The zero-order valence-corrected chi connectivity index (χ0v) is 8.08.